The SMILES string of the molecule is CN(c1ncc(C(F)(F)F)cc1Cl)N1C(=O)[C@@H]2C([C@]3(C)NC(=O)N(c4ccccc4)N3)=NO[C@H]2C1=O. The first-order valence-corrected chi connectivity index (χ1v) is 10.8. The molecule has 0 saturated carbocycles. The number of oxime groups is 1. The lowest BCUT2D eigenvalue weighted by Crippen LogP contribution is -2.58. The van der Waals surface area contributed by atoms with Gasteiger partial charge in [-0.1, -0.05) is 35.0 Å². The molecule has 36 heavy (non-hydrogen) atoms. The molecule has 188 valence electrons. The molecule has 15 heteroatoms. The maximum Gasteiger partial charge on any atom is 0.417 e. The van der Waals surface area contributed by atoms with E-state index in [1.165, 1.54) is 12.1 Å². The van der Waals surface area contributed by atoms with Gasteiger partial charge in [-0.15, -0.1) is 0 Å². The van der Waals surface area contributed by atoms with E-state index in [0.717, 1.165) is 5.01 Å². The van der Waals surface area contributed by atoms with E-state index in [-0.39, 0.29) is 11.5 Å². The molecular formula is C21H17ClF3N7O4. The van der Waals surface area contributed by atoms with E-state index < -0.39 is 52.3 Å². The molecule has 4 heterocycles. The van der Waals surface area contributed by atoms with E-state index in [9.17, 15) is 27.6 Å². The van der Waals surface area contributed by atoms with Crippen molar-refractivity contribution in [2.24, 2.45) is 11.1 Å². The van der Waals surface area contributed by atoms with Crippen molar-refractivity contribution in [1.29, 1.82) is 0 Å². The number of pyridine rings is 1. The number of hydrogen-bond donors (Lipinski definition) is 2. The van der Waals surface area contributed by atoms with Crippen molar-refractivity contribution < 1.29 is 32.4 Å². The molecule has 0 radical (unpaired) electrons. The molecule has 1 aromatic carbocycles. The number of hydrogen-bond acceptors (Lipinski definition) is 8. The lowest BCUT2D eigenvalue weighted by atomic mass is 9.91. The second-order valence-corrected chi connectivity index (χ2v) is 8.76. The number of carbonyl (C=O) groups excluding carboxylic acids is 3. The number of anilines is 2. The third kappa shape index (κ3) is 3.60. The fourth-order valence-corrected chi connectivity index (χ4v) is 4.53. The Kier molecular flexibility index (Phi) is 5.33. The molecule has 3 atom stereocenters. The zero-order valence-electron chi connectivity index (χ0n) is 18.6. The summed E-state index contributed by atoms with van der Waals surface area (Å²) >= 11 is 6.00. The topological polar surface area (TPSA) is 119 Å². The Balaban J connectivity index is 1.41. The van der Waals surface area contributed by atoms with Gasteiger partial charge in [0, 0.05) is 13.2 Å². The van der Waals surface area contributed by atoms with Crippen molar-refractivity contribution in [3.05, 3.63) is 53.2 Å². The lowest BCUT2D eigenvalue weighted by Gasteiger charge is -2.29. The highest BCUT2D eigenvalue weighted by Gasteiger charge is 2.62. The summed E-state index contributed by atoms with van der Waals surface area (Å²) in [4.78, 5) is 48.1. The van der Waals surface area contributed by atoms with E-state index in [2.05, 4.69) is 20.9 Å². The van der Waals surface area contributed by atoms with Crippen molar-refractivity contribution in [1.82, 2.24) is 20.7 Å². The van der Waals surface area contributed by atoms with E-state index in [1.807, 2.05) is 0 Å². The Morgan fingerprint density at radius 2 is 1.86 bits per heavy atom. The maximum absolute atomic E-state index is 13.4. The van der Waals surface area contributed by atoms with Gasteiger partial charge >= 0.3 is 12.2 Å². The van der Waals surface area contributed by atoms with Crippen molar-refractivity contribution in [2.75, 3.05) is 17.1 Å². The predicted molar refractivity (Wildman–Crippen MR) is 119 cm³/mol. The Morgan fingerprint density at radius 3 is 2.50 bits per heavy atom. The van der Waals surface area contributed by atoms with Crippen molar-refractivity contribution in [3.8, 4) is 0 Å². The predicted octanol–water partition coefficient (Wildman–Crippen LogP) is 2.30. The molecule has 3 aliphatic heterocycles. The molecule has 0 aliphatic carbocycles. The number of para-hydroxylation sites is 1. The molecule has 2 saturated heterocycles. The number of aromatic nitrogens is 1. The molecule has 3 aliphatic rings. The molecule has 0 spiro atoms. The van der Waals surface area contributed by atoms with Crippen LogP contribution in [-0.4, -0.2) is 52.4 Å². The standard InChI is InChI=1S/C21H17ClF3N7O4/c1-20(27-19(35)31(29-20)11-6-4-3-5-7-11)15-13-14(36-28-15)18(34)32(17(13)33)30(2)16-12(22)8-10(9-26-16)21(23,24)25/h3-9,13-14,29H,1-2H3,(H,27,35)/t13-,14+,20+/m0/s1. The number of rotatable bonds is 4. The van der Waals surface area contributed by atoms with Gasteiger partial charge in [0.15, 0.2) is 11.5 Å². The highest BCUT2D eigenvalue weighted by atomic mass is 35.5. The van der Waals surface area contributed by atoms with Crippen molar-refractivity contribution in [2.45, 2.75) is 24.9 Å². The number of urea groups is 1. The van der Waals surface area contributed by atoms with E-state index >= 15 is 0 Å². The van der Waals surface area contributed by atoms with E-state index in [1.54, 1.807) is 37.3 Å². The normalized spacial score (nSPS) is 25.6. The summed E-state index contributed by atoms with van der Waals surface area (Å²) in [6, 6.07) is 8.75. The van der Waals surface area contributed by atoms with Gasteiger partial charge in [0.1, 0.15) is 11.6 Å². The summed E-state index contributed by atoms with van der Waals surface area (Å²) in [5.41, 5.74) is 1.04. The molecule has 1 aromatic heterocycles. The summed E-state index contributed by atoms with van der Waals surface area (Å²) in [6.45, 7) is 1.55. The summed E-state index contributed by atoms with van der Waals surface area (Å²) in [5.74, 6) is -3.07. The van der Waals surface area contributed by atoms with Crippen LogP contribution in [0.25, 0.3) is 0 Å². The van der Waals surface area contributed by atoms with Crippen LogP contribution in [-0.2, 0) is 20.6 Å². The van der Waals surface area contributed by atoms with Crippen molar-refractivity contribution in [3.63, 3.8) is 0 Å². The largest absolute Gasteiger partial charge is 0.417 e. The van der Waals surface area contributed by atoms with Gasteiger partial charge in [0.2, 0.25) is 6.10 Å². The third-order valence-corrected chi connectivity index (χ3v) is 6.24. The molecule has 4 amide bonds. The molecule has 0 unspecified atom stereocenters. The highest BCUT2D eigenvalue weighted by Crippen LogP contribution is 2.38. The molecule has 5 rings (SSSR count). The molecule has 2 fully saturated rings. The lowest BCUT2D eigenvalue weighted by molar-refractivity contribution is -0.143. The zero-order valence-corrected chi connectivity index (χ0v) is 19.3. The van der Waals surface area contributed by atoms with Crippen LogP contribution in [0.15, 0.2) is 47.8 Å². The van der Waals surface area contributed by atoms with Crippen LogP contribution in [0.2, 0.25) is 5.02 Å². The Morgan fingerprint density at radius 1 is 1.17 bits per heavy atom. The van der Waals surface area contributed by atoms with Gasteiger partial charge in [-0.05, 0) is 25.1 Å². The monoisotopic (exact) mass is 523 g/mol. The minimum Gasteiger partial charge on any atom is -0.381 e. The maximum atomic E-state index is 13.4. The first-order chi connectivity index (χ1) is 16.9. The number of nitrogens with one attached hydrogen (secondary N) is 2. The summed E-state index contributed by atoms with van der Waals surface area (Å²) in [7, 11) is 1.25. The zero-order chi connectivity index (χ0) is 26.0. The highest BCUT2D eigenvalue weighted by molar-refractivity contribution is 6.33. The van der Waals surface area contributed by atoms with Gasteiger partial charge < -0.3 is 10.2 Å². The molecule has 2 aromatic rings. The van der Waals surface area contributed by atoms with Crippen LogP contribution in [0.3, 0.4) is 0 Å². The van der Waals surface area contributed by atoms with Crippen LogP contribution >= 0.6 is 11.6 Å². The number of hydrazine groups is 2. The summed E-state index contributed by atoms with van der Waals surface area (Å²) in [5, 5.41) is 9.06. The van der Waals surface area contributed by atoms with Crippen LogP contribution in [0.5, 0.6) is 0 Å². The first kappa shape index (κ1) is 23.8. The first-order valence-electron chi connectivity index (χ1n) is 10.5. The summed E-state index contributed by atoms with van der Waals surface area (Å²) < 4.78 is 38.9. The number of amides is 4. The Labute approximate surface area is 206 Å². The van der Waals surface area contributed by atoms with Gasteiger partial charge in [-0.2, -0.15) is 23.6 Å². The number of imide groups is 1. The molecule has 2 N–H and O–H groups in total. The minimum absolute atomic E-state index is 0.0417. The number of fused-ring (bicyclic) bond motifs is 1. The second-order valence-electron chi connectivity index (χ2n) is 8.36. The second kappa shape index (κ2) is 8.06. The van der Waals surface area contributed by atoms with Crippen LogP contribution in [0.1, 0.15) is 12.5 Å². The Hall–Kier alpha value is -3.91. The molecular weight excluding hydrogens is 507 g/mol. The van der Waals surface area contributed by atoms with E-state index in [4.69, 9.17) is 16.4 Å². The Bertz CT molecular complexity index is 1310. The van der Waals surface area contributed by atoms with Gasteiger partial charge in [0.05, 0.1) is 16.3 Å². The smallest absolute Gasteiger partial charge is 0.381 e. The number of benzene rings is 1. The number of halogens is 4. The van der Waals surface area contributed by atoms with Crippen LogP contribution in [0.4, 0.5) is 29.5 Å². The fourth-order valence-electron chi connectivity index (χ4n) is 4.24. The molecule has 0 bridgehead atoms. The fraction of sp³-hybridized carbons (Fsp3) is 0.286. The summed E-state index contributed by atoms with van der Waals surface area (Å²) in [6.07, 6.45) is -5.47. The quantitative estimate of drug-likeness (QED) is 0.590. The number of nitrogens with zero attached hydrogens (tertiary/aromatic N) is 5. The third-order valence-electron chi connectivity index (χ3n) is 5.97. The number of alkyl halides is 3. The van der Waals surface area contributed by atoms with Crippen LogP contribution < -0.4 is 20.8 Å². The van der Waals surface area contributed by atoms with E-state index in [0.29, 0.717) is 23.0 Å². The average molecular weight is 524 g/mol. The molecule has 11 nitrogen and oxygen atoms in total. The van der Waals surface area contributed by atoms with Gasteiger partial charge in [-0.3, -0.25) is 14.6 Å². The average Bonchev–Trinajstić information content (AvgIpc) is 3.47. The van der Waals surface area contributed by atoms with Crippen molar-refractivity contribution >= 4 is 46.7 Å². The number of carbonyl (C=O) groups is 3. The van der Waals surface area contributed by atoms with Gasteiger partial charge in [0.25, 0.3) is 11.8 Å². The van der Waals surface area contributed by atoms with Gasteiger partial charge in [-0.25, -0.2) is 14.8 Å². The van der Waals surface area contributed by atoms with Crippen LogP contribution in [0, 0.1) is 5.92 Å². The minimum atomic E-state index is -4.68.